The minimum absolute atomic E-state index is 0.0284. The molecule has 1 aromatic heterocycles. The Bertz CT molecular complexity index is 1920. The number of allylic oxidation sites excluding steroid dienone is 1. The molecular formula is C39H46F3N7O3. The molecule has 0 bridgehead atoms. The maximum Gasteiger partial charge on any atom is 0.258 e. The minimum atomic E-state index is -2.67. The van der Waals surface area contributed by atoms with Crippen LogP contribution in [0.4, 0.5) is 18.9 Å². The molecule has 4 heterocycles. The molecule has 52 heavy (non-hydrogen) atoms. The number of likely N-dealkylation sites (N-methyl/N-ethyl adjacent to an activating group) is 1. The number of piperazine rings is 1. The smallest absolute Gasteiger partial charge is 0.258 e. The third kappa shape index (κ3) is 5.95. The number of halogens is 3. The van der Waals surface area contributed by atoms with Crippen LogP contribution in [0.3, 0.4) is 0 Å². The summed E-state index contributed by atoms with van der Waals surface area (Å²) < 4.78 is 44.4. The van der Waals surface area contributed by atoms with Crippen LogP contribution in [0.15, 0.2) is 53.7 Å². The Balaban J connectivity index is 0.853. The second-order valence-electron chi connectivity index (χ2n) is 15.5. The molecule has 3 fully saturated rings. The van der Waals surface area contributed by atoms with E-state index in [9.17, 15) is 23.2 Å². The second kappa shape index (κ2) is 13.2. The average molecular weight is 718 g/mol. The highest BCUT2D eigenvalue weighted by molar-refractivity contribution is 5.98. The van der Waals surface area contributed by atoms with Crippen LogP contribution in [0.25, 0.3) is 10.9 Å². The summed E-state index contributed by atoms with van der Waals surface area (Å²) in [4.78, 5) is 46.7. The first kappa shape index (κ1) is 34.7. The predicted molar refractivity (Wildman–Crippen MR) is 191 cm³/mol. The molecule has 2 aromatic carbocycles. The maximum absolute atomic E-state index is 15.4. The molecule has 2 amide bonds. The summed E-state index contributed by atoms with van der Waals surface area (Å²) >= 11 is 0. The van der Waals surface area contributed by atoms with Crippen molar-refractivity contribution in [2.75, 3.05) is 57.8 Å². The lowest BCUT2D eigenvalue weighted by Crippen LogP contribution is -2.50. The standard InChI is InChI=1S/C39H46F3N7O3/c1-38-20-33-29(19-34(38)39(38,41)42)35(46-45-33)32-17-25-16-30(40)28(18-31(25)44-32)37(52)48-13-11-47(12-14-48)21-23-9-10-49(22-23)26-7-5-24(6-8-26)27(4-3-15-50)36(51)43-2/h5-8,15-18,23,27,34-35,44-46H,3-4,9-14,19-22H2,1-2H3,(H,43,51). The van der Waals surface area contributed by atoms with E-state index in [2.05, 4.69) is 43.1 Å². The Kier molecular flexibility index (Phi) is 8.84. The zero-order chi connectivity index (χ0) is 36.4. The van der Waals surface area contributed by atoms with Crippen molar-refractivity contribution < 1.29 is 27.6 Å². The molecule has 4 N–H and O–H groups in total. The summed E-state index contributed by atoms with van der Waals surface area (Å²) in [5.74, 6) is -4.19. The van der Waals surface area contributed by atoms with Gasteiger partial charge in [0.15, 0.2) is 0 Å². The Morgan fingerprint density at radius 2 is 1.85 bits per heavy atom. The number of amides is 2. The lowest BCUT2D eigenvalue weighted by molar-refractivity contribution is -0.122. The molecule has 0 spiro atoms. The fourth-order valence-corrected chi connectivity index (χ4v) is 9.18. The molecule has 8 rings (SSSR count). The first-order valence-corrected chi connectivity index (χ1v) is 18.5. The largest absolute Gasteiger partial charge is 0.371 e. The van der Waals surface area contributed by atoms with E-state index in [1.54, 1.807) is 24.9 Å². The number of carbonyl (C=O) groups is 3. The number of hydrazine groups is 1. The number of rotatable bonds is 10. The average Bonchev–Trinajstić information content (AvgIpc) is 3.73. The van der Waals surface area contributed by atoms with Gasteiger partial charge in [0, 0.05) is 105 Å². The molecule has 3 aliphatic heterocycles. The molecule has 5 unspecified atom stereocenters. The van der Waals surface area contributed by atoms with Crippen LogP contribution in [-0.2, 0) is 9.59 Å². The predicted octanol–water partition coefficient (Wildman–Crippen LogP) is 4.87. The number of hydrogen-bond acceptors (Lipinski definition) is 7. The molecular weight excluding hydrogens is 671 g/mol. The van der Waals surface area contributed by atoms with Gasteiger partial charge in [-0.1, -0.05) is 19.1 Å². The number of anilines is 1. The zero-order valence-corrected chi connectivity index (χ0v) is 29.6. The van der Waals surface area contributed by atoms with E-state index >= 15 is 4.39 Å². The van der Waals surface area contributed by atoms with E-state index in [1.165, 1.54) is 6.07 Å². The van der Waals surface area contributed by atoms with Crippen LogP contribution < -0.4 is 21.1 Å². The van der Waals surface area contributed by atoms with Gasteiger partial charge in [-0.15, -0.1) is 0 Å². The quantitative estimate of drug-likeness (QED) is 0.222. The van der Waals surface area contributed by atoms with E-state index in [0.717, 1.165) is 60.6 Å². The number of nitrogens with one attached hydrogen (secondary N) is 4. The fraction of sp³-hybridized carbons (Fsp3) is 0.513. The number of nitrogens with zero attached hydrogens (tertiary/aromatic N) is 3. The molecule has 2 saturated heterocycles. The van der Waals surface area contributed by atoms with Gasteiger partial charge in [-0.2, -0.15) is 0 Å². The molecule has 0 radical (unpaired) electrons. The van der Waals surface area contributed by atoms with Crippen LogP contribution in [0.5, 0.6) is 0 Å². The molecule has 10 nitrogen and oxygen atoms in total. The van der Waals surface area contributed by atoms with Crippen molar-refractivity contribution in [3.63, 3.8) is 0 Å². The van der Waals surface area contributed by atoms with Crippen molar-refractivity contribution >= 4 is 34.7 Å². The van der Waals surface area contributed by atoms with Crippen molar-refractivity contribution in [3.05, 3.63) is 76.4 Å². The van der Waals surface area contributed by atoms with Gasteiger partial charge in [0.25, 0.3) is 11.8 Å². The molecule has 276 valence electrons. The number of hydrogen-bond donors (Lipinski definition) is 4. The highest BCUT2D eigenvalue weighted by Gasteiger charge is 2.78. The third-order valence-electron chi connectivity index (χ3n) is 12.5. The molecule has 2 aliphatic carbocycles. The van der Waals surface area contributed by atoms with Crippen LogP contribution in [-0.4, -0.2) is 91.7 Å². The summed E-state index contributed by atoms with van der Waals surface area (Å²) in [5.41, 5.74) is 10.5. The van der Waals surface area contributed by atoms with Crippen LogP contribution in [0.1, 0.15) is 72.6 Å². The zero-order valence-electron chi connectivity index (χ0n) is 29.6. The van der Waals surface area contributed by atoms with Gasteiger partial charge in [0.2, 0.25) is 5.91 Å². The van der Waals surface area contributed by atoms with E-state index in [1.807, 2.05) is 18.2 Å². The van der Waals surface area contributed by atoms with E-state index in [4.69, 9.17) is 0 Å². The molecule has 5 aliphatic rings. The Hall–Kier alpha value is -4.36. The Morgan fingerprint density at radius 3 is 2.58 bits per heavy atom. The maximum atomic E-state index is 15.4. The number of aromatic amines is 1. The monoisotopic (exact) mass is 717 g/mol. The van der Waals surface area contributed by atoms with Crippen molar-refractivity contribution in [2.45, 2.75) is 56.9 Å². The molecule has 5 atom stereocenters. The summed E-state index contributed by atoms with van der Waals surface area (Å²) in [7, 11) is 1.61. The van der Waals surface area contributed by atoms with Gasteiger partial charge in [-0.25, -0.2) is 18.6 Å². The van der Waals surface area contributed by atoms with Crippen molar-refractivity contribution in [1.29, 1.82) is 0 Å². The van der Waals surface area contributed by atoms with E-state index in [-0.39, 0.29) is 29.3 Å². The van der Waals surface area contributed by atoms with Gasteiger partial charge >= 0.3 is 0 Å². The third-order valence-corrected chi connectivity index (χ3v) is 12.5. The first-order valence-electron chi connectivity index (χ1n) is 18.5. The topological polar surface area (TPSA) is 113 Å². The second-order valence-corrected chi connectivity index (χ2v) is 15.5. The van der Waals surface area contributed by atoms with Crippen LogP contribution in [0, 0.1) is 23.1 Å². The number of aromatic nitrogens is 1. The Morgan fingerprint density at radius 1 is 1.08 bits per heavy atom. The fourth-order valence-electron chi connectivity index (χ4n) is 9.18. The van der Waals surface area contributed by atoms with Crippen molar-refractivity contribution in [3.8, 4) is 0 Å². The summed E-state index contributed by atoms with van der Waals surface area (Å²) in [6.45, 7) is 6.89. The summed E-state index contributed by atoms with van der Waals surface area (Å²) in [6.07, 6.45) is 3.33. The highest BCUT2D eigenvalue weighted by atomic mass is 19.3. The normalized spacial score (nSPS) is 27.3. The number of H-pyrrole nitrogens is 1. The summed E-state index contributed by atoms with van der Waals surface area (Å²) in [5, 5.41) is 3.33. The van der Waals surface area contributed by atoms with Gasteiger partial charge in [0.05, 0.1) is 17.5 Å². The first-order chi connectivity index (χ1) is 25.0. The minimum Gasteiger partial charge on any atom is -0.371 e. The lowest BCUT2D eigenvalue weighted by Gasteiger charge is -2.36. The van der Waals surface area contributed by atoms with Gasteiger partial charge in [0.1, 0.15) is 12.1 Å². The van der Waals surface area contributed by atoms with E-state index < -0.39 is 23.1 Å². The molecule has 1 saturated carbocycles. The van der Waals surface area contributed by atoms with Crippen molar-refractivity contribution in [2.24, 2.45) is 17.3 Å². The number of carbonyl (C=O) groups excluding carboxylic acids is 3. The van der Waals surface area contributed by atoms with Crippen molar-refractivity contribution in [1.82, 2.24) is 31.0 Å². The van der Waals surface area contributed by atoms with Gasteiger partial charge in [-0.3, -0.25) is 14.5 Å². The number of aldehydes is 1. The Labute approximate surface area is 301 Å². The van der Waals surface area contributed by atoms with Gasteiger partial charge in [-0.05, 0) is 66.6 Å². The number of fused-ring (bicyclic) bond motifs is 2. The van der Waals surface area contributed by atoms with Gasteiger partial charge < -0.3 is 30.3 Å². The van der Waals surface area contributed by atoms with Crippen LogP contribution >= 0.6 is 0 Å². The SMILES string of the molecule is CNC(=O)C(CCC=O)c1ccc(N2CCC(CN3CCN(C(=O)c4cc5[nH]c(C6NNC7=C6CC6C(F)(F)C6(C)C7)cc5cc4F)CC3)C2)cc1. The van der Waals surface area contributed by atoms with E-state index in [0.29, 0.717) is 68.7 Å². The van der Waals surface area contributed by atoms with Crippen LogP contribution in [0.2, 0.25) is 0 Å². The number of alkyl halides is 2. The molecule has 13 heteroatoms. The molecule has 3 aromatic rings. The lowest BCUT2D eigenvalue weighted by atomic mass is 9.85. The summed E-state index contributed by atoms with van der Waals surface area (Å²) in [6, 6.07) is 12.6. The number of benzene rings is 2. The highest BCUT2D eigenvalue weighted by Crippen LogP contribution is 2.73.